The molecule has 1 aliphatic carbocycles. The number of hydrogen-bond donors (Lipinski definition) is 1. The van der Waals surface area contributed by atoms with Gasteiger partial charge in [0.1, 0.15) is 0 Å². The molecule has 0 bridgehead atoms. The monoisotopic (exact) mass is 194 g/mol. The maximum Gasteiger partial charge on any atom is 0.0120 e. The van der Waals surface area contributed by atoms with Gasteiger partial charge in [0, 0.05) is 19.1 Å². The number of piperidine rings is 2. The zero-order valence-electron chi connectivity index (χ0n) is 9.04. The SMILES string of the molecule is C1CNC2CCN(CC3CC3)CC2C1. The van der Waals surface area contributed by atoms with Crippen molar-refractivity contribution in [3.8, 4) is 0 Å². The van der Waals surface area contributed by atoms with Crippen LogP contribution in [0.5, 0.6) is 0 Å². The van der Waals surface area contributed by atoms with Gasteiger partial charge in [-0.2, -0.15) is 0 Å². The van der Waals surface area contributed by atoms with Crippen LogP contribution in [-0.4, -0.2) is 37.1 Å². The van der Waals surface area contributed by atoms with Crippen LogP contribution < -0.4 is 5.32 Å². The predicted molar refractivity (Wildman–Crippen MR) is 58.3 cm³/mol. The highest BCUT2D eigenvalue weighted by atomic mass is 15.2. The lowest BCUT2D eigenvalue weighted by Gasteiger charge is -2.41. The van der Waals surface area contributed by atoms with E-state index in [1.54, 1.807) is 0 Å². The number of hydrogen-bond acceptors (Lipinski definition) is 2. The number of rotatable bonds is 2. The lowest BCUT2D eigenvalue weighted by atomic mass is 9.85. The minimum Gasteiger partial charge on any atom is -0.314 e. The number of fused-ring (bicyclic) bond motifs is 1. The lowest BCUT2D eigenvalue weighted by molar-refractivity contribution is 0.110. The fraction of sp³-hybridized carbons (Fsp3) is 1.00. The van der Waals surface area contributed by atoms with Crippen LogP contribution in [0.2, 0.25) is 0 Å². The molecule has 80 valence electrons. The zero-order chi connectivity index (χ0) is 9.38. The van der Waals surface area contributed by atoms with Gasteiger partial charge in [0.2, 0.25) is 0 Å². The molecule has 0 aromatic carbocycles. The van der Waals surface area contributed by atoms with E-state index in [-0.39, 0.29) is 0 Å². The lowest BCUT2D eigenvalue weighted by Crippen LogP contribution is -2.52. The molecule has 2 saturated heterocycles. The highest BCUT2D eigenvalue weighted by Crippen LogP contribution is 2.32. The topological polar surface area (TPSA) is 15.3 Å². The van der Waals surface area contributed by atoms with Gasteiger partial charge in [-0.05, 0) is 57.0 Å². The third kappa shape index (κ3) is 1.96. The molecule has 3 rings (SSSR count). The third-order valence-electron chi connectivity index (χ3n) is 4.19. The molecule has 2 aliphatic heterocycles. The van der Waals surface area contributed by atoms with Crippen LogP contribution in [0.4, 0.5) is 0 Å². The van der Waals surface area contributed by atoms with Gasteiger partial charge in [0.25, 0.3) is 0 Å². The second kappa shape index (κ2) is 3.82. The van der Waals surface area contributed by atoms with E-state index < -0.39 is 0 Å². The Kier molecular flexibility index (Phi) is 2.50. The second-order valence-electron chi connectivity index (χ2n) is 5.45. The average molecular weight is 194 g/mol. The molecule has 2 nitrogen and oxygen atoms in total. The van der Waals surface area contributed by atoms with Gasteiger partial charge in [-0.25, -0.2) is 0 Å². The Morgan fingerprint density at radius 2 is 2.07 bits per heavy atom. The highest BCUT2D eigenvalue weighted by molar-refractivity contribution is 4.89. The van der Waals surface area contributed by atoms with Crippen molar-refractivity contribution < 1.29 is 0 Å². The zero-order valence-corrected chi connectivity index (χ0v) is 9.04. The van der Waals surface area contributed by atoms with Crippen molar-refractivity contribution in [3.63, 3.8) is 0 Å². The predicted octanol–water partition coefficient (Wildman–Crippen LogP) is 1.47. The molecule has 0 aromatic heterocycles. The van der Waals surface area contributed by atoms with E-state index in [1.807, 2.05) is 0 Å². The molecule has 2 unspecified atom stereocenters. The Hall–Kier alpha value is -0.0800. The maximum atomic E-state index is 3.68. The van der Waals surface area contributed by atoms with Crippen molar-refractivity contribution in [3.05, 3.63) is 0 Å². The molecule has 0 aromatic rings. The molecule has 0 amide bonds. The van der Waals surface area contributed by atoms with Crippen LogP contribution in [0.3, 0.4) is 0 Å². The molecule has 3 aliphatic rings. The number of nitrogens with zero attached hydrogens (tertiary/aromatic N) is 1. The maximum absolute atomic E-state index is 3.68. The van der Waals surface area contributed by atoms with Gasteiger partial charge in [-0.15, -0.1) is 0 Å². The van der Waals surface area contributed by atoms with Crippen molar-refractivity contribution in [1.82, 2.24) is 10.2 Å². The molecule has 1 N–H and O–H groups in total. The van der Waals surface area contributed by atoms with Gasteiger partial charge in [0.05, 0.1) is 0 Å². The Morgan fingerprint density at radius 1 is 1.14 bits per heavy atom. The Labute approximate surface area is 87.0 Å². The van der Waals surface area contributed by atoms with Crippen LogP contribution in [0.1, 0.15) is 32.1 Å². The van der Waals surface area contributed by atoms with Crippen molar-refractivity contribution in [1.29, 1.82) is 0 Å². The van der Waals surface area contributed by atoms with E-state index in [0.29, 0.717) is 0 Å². The van der Waals surface area contributed by atoms with Crippen LogP contribution in [0.25, 0.3) is 0 Å². The first-order valence-electron chi connectivity index (χ1n) is 6.37. The summed E-state index contributed by atoms with van der Waals surface area (Å²) in [6, 6.07) is 0.860. The van der Waals surface area contributed by atoms with Gasteiger partial charge in [0.15, 0.2) is 0 Å². The smallest absolute Gasteiger partial charge is 0.0120 e. The molecule has 2 heteroatoms. The molecule has 2 heterocycles. The van der Waals surface area contributed by atoms with Gasteiger partial charge >= 0.3 is 0 Å². The van der Waals surface area contributed by atoms with E-state index in [9.17, 15) is 0 Å². The summed E-state index contributed by atoms with van der Waals surface area (Å²) in [7, 11) is 0. The molecular weight excluding hydrogens is 172 g/mol. The van der Waals surface area contributed by atoms with Gasteiger partial charge in [-0.1, -0.05) is 0 Å². The second-order valence-corrected chi connectivity index (χ2v) is 5.45. The van der Waals surface area contributed by atoms with E-state index in [2.05, 4.69) is 10.2 Å². The Morgan fingerprint density at radius 3 is 2.93 bits per heavy atom. The first-order chi connectivity index (χ1) is 6.92. The minimum absolute atomic E-state index is 0.860. The summed E-state index contributed by atoms with van der Waals surface area (Å²) in [5.74, 6) is 2.04. The number of nitrogens with one attached hydrogen (secondary N) is 1. The van der Waals surface area contributed by atoms with Gasteiger partial charge in [-0.3, -0.25) is 0 Å². The Bertz CT molecular complexity index is 200. The molecule has 3 fully saturated rings. The fourth-order valence-electron chi connectivity index (χ4n) is 3.15. The van der Waals surface area contributed by atoms with Crippen molar-refractivity contribution in [2.24, 2.45) is 11.8 Å². The summed E-state index contributed by atoms with van der Waals surface area (Å²) in [5.41, 5.74) is 0. The minimum atomic E-state index is 0.860. The number of likely N-dealkylation sites (tertiary alicyclic amines) is 1. The summed E-state index contributed by atoms with van der Waals surface area (Å²) in [4.78, 5) is 2.73. The quantitative estimate of drug-likeness (QED) is 0.716. The van der Waals surface area contributed by atoms with Crippen molar-refractivity contribution >= 4 is 0 Å². The van der Waals surface area contributed by atoms with E-state index in [1.165, 1.54) is 58.3 Å². The average Bonchev–Trinajstić information content (AvgIpc) is 3.02. The first kappa shape index (κ1) is 9.17. The summed E-state index contributed by atoms with van der Waals surface area (Å²) in [6.07, 6.45) is 7.28. The van der Waals surface area contributed by atoms with E-state index >= 15 is 0 Å². The molecule has 2 atom stereocenters. The highest BCUT2D eigenvalue weighted by Gasteiger charge is 2.33. The first-order valence-corrected chi connectivity index (χ1v) is 6.37. The van der Waals surface area contributed by atoms with Crippen LogP contribution in [0.15, 0.2) is 0 Å². The van der Waals surface area contributed by atoms with Crippen LogP contribution >= 0.6 is 0 Å². The molecule has 0 spiro atoms. The summed E-state index contributed by atoms with van der Waals surface area (Å²) >= 11 is 0. The fourth-order valence-corrected chi connectivity index (χ4v) is 3.15. The Balaban J connectivity index is 1.53. The standard InChI is InChI=1S/C12H22N2/c1-2-11-9-14(8-10-3-4-10)7-5-12(11)13-6-1/h10-13H,1-9H2. The summed E-state index contributed by atoms with van der Waals surface area (Å²) in [6.45, 7) is 5.41. The van der Waals surface area contributed by atoms with Crippen molar-refractivity contribution in [2.75, 3.05) is 26.2 Å². The largest absolute Gasteiger partial charge is 0.314 e. The van der Waals surface area contributed by atoms with Crippen molar-refractivity contribution in [2.45, 2.75) is 38.1 Å². The van der Waals surface area contributed by atoms with Gasteiger partial charge < -0.3 is 10.2 Å². The van der Waals surface area contributed by atoms with Crippen LogP contribution in [-0.2, 0) is 0 Å². The molecular formula is C12H22N2. The third-order valence-corrected chi connectivity index (χ3v) is 4.19. The molecule has 14 heavy (non-hydrogen) atoms. The molecule has 0 radical (unpaired) electrons. The normalized spacial score (nSPS) is 39.4. The van der Waals surface area contributed by atoms with E-state index in [4.69, 9.17) is 0 Å². The summed E-state index contributed by atoms with van der Waals surface area (Å²) in [5, 5.41) is 3.68. The molecule has 1 saturated carbocycles. The van der Waals surface area contributed by atoms with E-state index in [0.717, 1.165) is 17.9 Å². The summed E-state index contributed by atoms with van der Waals surface area (Å²) < 4.78 is 0. The van der Waals surface area contributed by atoms with Crippen LogP contribution in [0, 0.1) is 11.8 Å².